The van der Waals surface area contributed by atoms with E-state index in [1.165, 1.54) is 31.4 Å². The fourth-order valence-electron chi connectivity index (χ4n) is 3.62. The lowest BCUT2D eigenvalue weighted by atomic mass is 9.92. The Morgan fingerprint density at radius 1 is 0.906 bits per heavy atom. The smallest absolute Gasteiger partial charge is 0.337 e. The van der Waals surface area contributed by atoms with Crippen LogP contribution in [0.25, 0.3) is 0 Å². The molecule has 1 rings (SSSR count). The van der Waals surface area contributed by atoms with Crippen LogP contribution in [-0.4, -0.2) is 45.4 Å². The van der Waals surface area contributed by atoms with Gasteiger partial charge in [-0.25, -0.2) is 9.59 Å². The molecule has 0 aromatic heterocycles. The van der Waals surface area contributed by atoms with Gasteiger partial charge in [0, 0.05) is 8.07 Å². The number of nitrogens with two attached hydrogens (primary N) is 1. The number of esters is 2. The highest BCUT2D eigenvalue weighted by molar-refractivity contribution is 6.77. The Morgan fingerprint density at radius 3 is 2.00 bits per heavy atom. The molecule has 0 heterocycles. The summed E-state index contributed by atoms with van der Waals surface area (Å²) in [5.74, 6) is -0.673. The first-order valence-corrected chi connectivity index (χ1v) is 15.4. The van der Waals surface area contributed by atoms with Crippen molar-refractivity contribution >= 4 is 20.0 Å². The van der Waals surface area contributed by atoms with E-state index in [9.17, 15) is 9.59 Å². The van der Waals surface area contributed by atoms with Crippen LogP contribution < -0.4 is 10.5 Å². The standard InChI is InChI=1S/C25H43NO5Si/c1-6-9-10-19-32(4,5)20-11-18-31-22-14-12-21(13-15-22)16-17-25(26,23(27)29-7-2)24(28)30-8-3/h12-15H,6-11,16-20,26H2,1-5H3. The Hall–Kier alpha value is -1.86. The van der Waals surface area contributed by atoms with Gasteiger partial charge in [0.15, 0.2) is 0 Å². The first kappa shape index (κ1) is 28.2. The van der Waals surface area contributed by atoms with Crippen LogP contribution in [0.2, 0.25) is 25.2 Å². The molecular weight excluding hydrogens is 422 g/mol. The number of hydrogen-bond acceptors (Lipinski definition) is 6. The molecule has 0 bridgehead atoms. The van der Waals surface area contributed by atoms with Gasteiger partial charge >= 0.3 is 11.9 Å². The monoisotopic (exact) mass is 465 g/mol. The van der Waals surface area contributed by atoms with E-state index in [-0.39, 0.29) is 19.6 Å². The maximum Gasteiger partial charge on any atom is 0.337 e. The van der Waals surface area contributed by atoms with Crippen LogP contribution in [0, 0.1) is 0 Å². The SMILES string of the molecule is CCCCC[Si](C)(C)CCCOc1ccc(CCC(N)(C(=O)OCC)C(=O)OCC)cc1. The molecule has 0 saturated heterocycles. The van der Waals surface area contributed by atoms with Crippen molar-refractivity contribution in [3.8, 4) is 5.75 Å². The Kier molecular flexibility index (Phi) is 12.6. The molecule has 182 valence electrons. The molecule has 6 nitrogen and oxygen atoms in total. The molecule has 0 spiro atoms. The van der Waals surface area contributed by atoms with Crippen LogP contribution >= 0.6 is 0 Å². The van der Waals surface area contributed by atoms with Gasteiger partial charge in [-0.15, -0.1) is 0 Å². The fraction of sp³-hybridized carbons (Fsp3) is 0.680. The molecule has 0 unspecified atom stereocenters. The summed E-state index contributed by atoms with van der Waals surface area (Å²) in [6.45, 7) is 11.6. The van der Waals surface area contributed by atoms with Gasteiger partial charge < -0.3 is 19.9 Å². The van der Waals surface area contributed by atoms with E-state index in [0.29, 0.717) is 6.42 Å². The lowest BCUT2D eigenvalue weighted by Gasteiger charge is -2.24. The Balaban J connectivity index is 2.53. The molecule has 0 saturated carbocycles. The minimum absolute atomic E-state index is 0.114. The predicted octanol–water partition coefficient (Wildman–Crippen LogP) is 5.11. The third kappa shape index (κ3) is 9.73. The Labute approximate surface area is 195 Å². The first-order chi connectivity index (χ1) is 15.2. The zero-order valence-electron chi connectivity index (χ0n) is 20.7. The van der Waals surface area contributed by atoms with Gasteiger partial charge in [0.25, 0.3) is 0 Å². The van der Waals surface area contributed by atoms with Crippen LogP contribution in [0.4, 0.5) is 0 Å². The van der Waals surface area contributed by atoms with E-state index < -0.39 is 25.6 Å². The average Bonchev–Trinajstić information content (AvgIpc) is 2.76. The molecule has 0 fully saturated rings. The number of carbonyl (C=O) groups is 2. The van der Waals surface area contributed by atoms with Crippen molar-refractivity contribution in [1.29, 1.82) is 0 Å². The van der Waals surface area contributed by atoms with E-state index >= 15 is 0 Å². The van der Waals surface area contributed by atoms with Crippen LogP contribution in [0.3, 0.4) is 0 Å². The summed E-state index contributed by atoms with van der Waals surface area (Å²) in [4.78, 5) is 24.6. The van der Waals surface area contributed by atoms with E-state index in [0.717, 1.165) is 24.3 Å². The fourth-order valence-corrected chi connectivity index (χ4v) is 6.18. The largest absolute Gasteiger partial charge is 0.494 e. The summed E-state index contributed by atoms with van der Waals surface area (Å²) in [6.07, 6.45) is 5.62. The molecule has 2 N–H and O–H groups in total. The van der Waals surface area contributed by atoms with E-state index in [2.05, 4.69) is 20.0 Å². The third-order valence-electron chi connectivity index (χ3n) is 5.73. The maximum atomic E-state index is 12.3. The number of rotatable bonds is 16. The zero-order valence-corrected chi connectivity index (χ0v) is 21.7. The van der Waals surface area contributed by atoms with E-state index in [1.54, 1.807) is 13.8 Å². The summed E-state index contributed by atoms with van der Waals surface area (Å²) >= 11 is 0. The Morgan fingerprint density at radius 2 is 1.47 bits per heavy atom. The molecule has 0 aliphatic carbocycles. The van der Waals surface area contributed by atoms with Gasteiger partial charge in [0.1, 0.15) is 5.75 Å². The molecule has 32 heavy (non-hydrogen) atoms. The lowest BCUT2D eigenvalue weighted by Crippen LogP contribution is -2.57. The highest BCUT2D eigenvalue weighted by atomic mass is 28.3. The third-order valence-corrected chi connectivity index (χ3v) is 9.15. The van der Waals surface area contributed by atoms with Gasteiger partial charge in [-0.1, -0.05) is 63.5 Å². The minimum atomic E-state index is -1.80. The van der Waals surface area contributed by atoms with Gasteiger partial charge in [-0.3, -0.25) is 0 Å². The summed E-state index contributed by atoms with van der Waals surface area (Å²) in [5.41, 5.74) is 5.29. The van der Waals surface area contributed by atoms with Gasteiger partial charge in [-0.05, 0) is 50.8 Å². The second-order valence-electron chi connectivity index (χ2n) is 9.13. The normalized spacial score (nSPS) is 11.8. The van der Waals surface area contributed by atoms with Crippen LogP contribution in [-0.2, 0) is 25.5 Å². The molecule has 1 aromatic carbocycles. The minimum Gasteiger partial charge on any atom is -0.494 e. The summed E-state index contributed by atoms with van der Waals surface area (Å²) in [6, 6.07) is 10.4. The van der Waals surface area contributed by atoms with Crippen molar-refractivity contribution in [2.24, 2.45) is 5.73 Å². The Bertz CT molecular complexity index is 672. The second-order valence-corrected chi connectivity index (χ2v) is 14.5. The van der Waals surface area contributed by atoms with Gasteiger partial charge in [0.2, 0.25) is 5.54 Å². The number of unbranched alkanes of at least 4 members (excludes halogenated alkanes) is 2. The van der Waals surface area contributed by atoms with Crippen LogP contribution in [0.1, 0.15) is 58.4 Å². The average molecular weight is 466 g/mol. The summed E-state index contributed by atoms with van der Waals surface area (Å²) < 4.78 is 15.9. The van der Waals surface area contributed by atoms with Crippen molar-refractivity contribution in [2.45, 2.75) is 90.0 Å². The summed E-state index contributed by atoms with van der Waals surface area (Å²) in [7, 11) is -1.11. The zero-order chi connectivity index (χ0) is 24.0. The number of benzene rings is 1. The molecule has 0 aliphatic rings. The molecule has 0 aliphatic heterocycles. The molecule has 1 aromatic rings. The van der Waals surface area contributed by atoms with Crippen molar-refractivity contribution in [2.75, 3.05) is 19.8 Å². The first-order valence-electron chi connectivity index (χ1n) is 12.0. The van der Waals surface area contributed by atoms with E-state index in [4.69, 9.17) is 19.9 Å². The summed E-state index contributed by atoms with van der Waals surface area (Å²) in [5, 5.41) is 0. The number of carbonyl (C=O) groups excluding carboxylic acids is 2. The molecule has 7 heteroatoms. The van der Waals surface area contributed by atoms with Gasteiger partial charge in [-0.2, -0.15) is 0 Å². The number of hydrogen-bond donors (Lipinski definition) is 1. The molecule has 0 radical (unpaired) electrons. The second kappa shape index (κ2) is 14.3. The van der Waals surface area contributed by atoms with Crippen molar-refractivity contribution in [3.63, 3.8) is 0 Å². The number of ether oxygens (including phenoxy) is 3. The van der Waals surface area contributed by atoms with Gasteiger partial charge in [0.05, 0.1) is 19.8 Å². The van der Waals surface area contributed by atoms with Crippen molar-refractivity contribution in [1.82, 2.24) is 0 Å². The molecule has 0 amide bonds. The van der Waals surface area contributed by atoms with Crippen molar-refractivity contribution in [3.05, 3.63) is 29.8 Å². The molecule has 0 atom stereocenters. The highest BCUT2D eigenvalue weighted by Gasteiger charge is 2.44. The van der Waals surface area contributed by atoms with Crippen LogP contribution in [0.15, 0.2) is 24.3 Å². The quantitative estimate of drug-likeness (QED) is 0.158. The predicted molar refractivity (Wildman–Crippen MR) is 132 cm³/mol. The maximum absolute atomic E-state index is 12.3. The molecular formula is C25H43NO5Si. The van der Waals surface area contributed by atoms with E-state index in [1.807, 2.05) is 24.3 Å². The number of aryl methyl sites for hydroxylation is 1. The topological polar surface area (TPSA) is 87.9 Å². The highest BCUT2D eigenvalue weighted by Crippen LogP contribution is 2.22. The van der Waals surface area contributed by atoms with Crippen LogP contribution in [0.5, 0.6) is 5.75 Å². The van der Waals surface area contributed by atoms with Crippen molar-refractivity contribution < 1.29 is 23.8 Å². The lowest BCUT2D eigenvalue weighted by molar-refractivity contribution is -0.164.